The zero-order chi connectivity index (χ0) is 25.1. The van der Waals surface area contributed by atoms with Crippen LogP contribution in [0.2, 0.25) is 0 Å². The average Bonchev–Trinajstić information content (AvgIpc) is 2.72. The Hall–Kier alpha value is -3.66. The number of fused-ring (bicyclic) bond motifs is 3. The summed E-state index contributed by atoms with van der Waals surface area (Å²) >= 11 is 0. The predicted octanol–water partition coefficient (Wildman–Crippen LogP) is 0.543. The highest BCUT2D eigenvalue weighted by atomic mass is 16.6. The van der Waals surface area contributed by atoms with Crippen LogP contribution in [0.3, 0.4) is 0 Å². The van der Waals surface area contributed by atoms with Crippen molar-refractivity contribution in [3.8, 4) is 5.75 Å². The summed E-state index contributed by atoms with van der Waals surface area (Å²) in [4.78, 5) is 45.4. The van der Waals surface area contributed by atoms with Gasteiger partial charge in [-0.05, 0) is 51.6 Å². The maximum atomic E-state index is 13.6. The molecule has 180 valence electrons. The molecule has 1 aromatic carbocycles. The van der Waals surface area contributed by atoms with Gasteiger partial charge in [-0.25, -0.2) is 0 Å². The molecule has 0 radical (unpaired) electrons. The lowest BCUT2D eigenvalue weighted by molar-refractivity contribution is -0.127. The first-order chi connectivity index (χ1) is 16.0. The lowest BCUT2D eigenvalue weighted by Gasteiger charge is -2.44. The van der Waals surface area contributed by atoms with Crippen LogP contribution in [0, 0.1) is 17.8 Å². The number of nitrogens with two attached hydrogens (primary N) is 1. The number of benzene rings is 1. The number of rotatable bonds is 4. The number of nitrogens with zero attached hydrogens (tertiary/aromatic N) is 2. The number of amides is 1. The van der Waals surface area contributed by atoms with Crippen LogP contribution in [-0.4, -0.2) is 70.7 Å². The molecule has 3 aliphatic rings. The molecule has 0 heterocycles. The fourth-order valence-electron chi connectivity index (χ4n) is 5.83. The highest BCUT2D eigenvalue weighted by Crippen LogP contribution is 2.50. The second-order valence-corrected chi connectivity index (χ2v) is 9.18. The van der Waals surface area contributed by atoms with E-state index >= 15 is 0 Å². The highest BCUT2D eigenvalue weighted by molar-refractivity contribution is 6.22. The molecule has 0 bridgehead atoms. The summed E-state index contributed by atoms with van der Waals surface area (Å²) in [6.07, 6.45) is 0.664. The number of ketones is 2. The minimum Gasteiger partial charge on any atom is -0.596 e. The number of aliphatic hydroxyl groups excluding tert-OH is 1. The number of carbonyl (C=O) groups is 3. The number of aliphatic hydroxyl groups is 1. The van der Waals surface area contributed by atoms with Gasteiger partial charge in [-0.3, -0.25) is 19.3 Å². The summed E-state index contributed by atoms with van der Waals surface area (Å²) in [6, 6.07) is 2.35. The number of likely N-dealkylation sites (N-methyl/N-ethyl adjacent to an activating group) is 1. The SMILES string of the molecule is CO/N=C(/C)c1ccc(O)c2c1C[C@H]1C[C@@H]3C(C(=O)C(C(N)=O)=C(O)[C@H]3N(C)C)C([OH2+])=C1C2=O. The molecule has 6 N–H and O–H groups in total. The third-order valence-electron chi connectivity index (χ3n) is 7.10. The minimum absolute atomic E-state index is 0.0820. The van der Waals surface area contributed by atoms with Gasteiger partial charge in [-0.1, -0.05) is 5.16 Å². The Kier molecular flexibility index (Phi) is 5.72. The molecule has 3 aliphatic carbocycles. The zero-order valence-electron chi connectivity index (χ0n) is 19.4. The number of oxime groups is 1. The van der Waals surface area contributed by atoms with Gasteiger partial charge in [0.1, 0.15) is 30.1 Å². The van der Waals surface area contributed by atoms with Crippen LogP contribution in [-0.2, 0) is 20.8 Å². The molecule has 1 unspecified atom stereocenters. The number of aromatic hydroxyl groups is 1. The number of Topliss-reactive ketones (excluding diaryl/α,β-unsaturated/α-hetero) is 2. The van der Waals surface area contributed by atoms with Gasteiger partial charge in [-0.2, -0.15) is 0 Å². The van der Waals surface area contributed by atoms with E-state index in [1.165, 1.54) is 13.2 Å². The van der Waals surface area contributed by atoms with Gasteiger partial charge >= 0.3 is 0 Å². The Balaban J connectivity index is 1.91. The maximum absolute atomic E-state index is 13.6. The molecule has 0 saturated heterocycles. The second kappa shape index (κ2) is 8.28. The summed E-state index contributed by atoms with van der Waals surface area (Å²) in [5.74, 6) is -5.18. The number of primary amides is 1. The maximum Gasteiger partial charge on any atom is 0.255 e. The van der Waals surface area contributed by atoms with Crippen molar-refractivity contribution in [2.24, 2.45) is 28.6 Å². The first-order valence-electron chi connectivity index (χ1n) is 10.9. The molecule has 4 rings (SSSR count). The normalized spacial score (nSPS) is 26.9. The van der Waals surface area contributed by atoms with Crippen molar-refractivity contribution in [2.75, 3.05) is 21.2 Å². The number of phenols is 1. The third kappa shape index (κ3) is 3.28. The molecule has 1 aromatic rings. The van der Waals surface area contributed by atoms with E-state index in [2.05, 4.69) is 5.16 Å². The van der Waals surface area contributed by atoms with Gasteiger partial charge in [0.05, 0.1) is 22.9 Å². The topological polar surface area (TPSA) is 165 Å². The Morgan fingerprint density at radius 3 is 2.53 bits per heavy atom. The standard InChI is InChI=1S/C24H27N3O7/c1-9(26-34-4)11-5-6-14(28)16-12(11)7-10-8-13-17(21(30)15(10)20(16)29)22(31)18(24(25)33)23(32)19(13)27(2)3/h5-6,10,13,17,19,28,30,32H,7-8H2,1-4H3,(H2,25,33)/p+1/b26-9-/t10-,13+,17?,19-/m0/s1. The fraction of sp³-hybridized carbons (Fsp3) is 0.417. The van der Waals surface area contributed by atoms with Crippen molar-refractivity contribution in [3.63, 3.8) is 0 Å². The van der Waals surface area contributed by atoms with Crippen LogP contribution in [0.1, 0.15) is 34.8 Å². The lowest BCUT2D eigenvalue weighted by Crippen LogP contribution is -2.53. The van der Waals surface area contributed by atoms with Gasteiger partial charge < -0.3 is 25.9 Å². The Bertz CT molecular complexity index is 1210. The number of allylic oxidation sites excluding steroid dienone is 2. The van der Waals surface area contributed by atoms with Crippen LogP contribution in [0.15, 0.2) is 40.0 Å². The fourth-order valence-corrected chi connectivity index (χ4v) is 5.83. The monoisotopic (exact) mass is 470 g/mol. The van der Waals surface area contributed by atoms with Crippen molar-refractivity contribution in [2.45, 2.75) is 25.8 Å². The van der Waals surface area contributed by atoms with Crippen molar-refractivity contribution in [3.05, 3.63) is 51.5 Å². The quantitative estimate of drug-likeness (QED) is 0.250. The van der Waals surface area contributed by atoms with Crippen molar-refractivity contribution in [1.82, 2.24) is 4.90 Å². The third-order valence-corrected chi connectivity index (χ3v) is 7.10. The van der Waals surface area contributed by atoms with Crippen LogP contribution in [0.4, 0.5) is 0 Å². The first-order valence-corrected chi connectivity index (χ1v) is 10.9. The first kappa shape index (κ1) is 23.5. The smallest absolute Gasteiger partial charge is 0.255 e. The molecule has 0 aromatic heterocycles. The summed E-state index contributed by atoms with van der Waals surface area (Å²) in [6.45, 7) is 1.73. The minimum atomic E-state index is -1.09. The van der Waals surface area contributed by atoms with Crippen molar-refractivity contribution >= 4 is 23.2 Å². The molecule has 10 nitrogen and oxygen atoms in total. The van der Waals surface area contributed by atoms with Gasteiger partial charge in [-0.15, -0.1) is 0 Å². The van der Waals surface area contributed by atoms with Crippen LogP contribution >= 0.6 is 0 Å². The molecule has 0 saturated carbocycles. The molecule has 0 aliphatic heterocycles. The molecule has 1 amide bonds. The van der Waals surface area contributed by atoms with Crippen molar-refractivity contribution < 1.29 is 34.5 Å². The predicted molar refractivity (Wildman–Crippen MR) is 122 cm³/mol. The van der Waals surface area contributed by atoms with E-state index in [9.17, 15) is 24.6 Å². The Morgan fingerprint density at radius 1 is 1.26 bits per heavy atom. The van der Waals surface area contributed by atoms with Gasteiger partial charge in [0.15, 0.2) is 5.78 Å². The molecule has 0 fully saturated rings. The lowest BCUT2D eigenvalue weighted by atomic mass is 9.60. The summed E-state index contributed by atoms with van der Waals surface area (Å²) in [5, 5.41) is 34.2. The number of hydrogen-bond acceptors (Lipinski definition) is 8. The molecule has 4 atom stereocenters. The van der Waals surface area contributed by atoms with Gasteiger partial charge in [0.25, 0.3) is 5.91 Å². The van der Waals surface area contributed by atoms with Crippen molar-refractivity contribution in [1.29, 1.82) is 0 Å². The van der Waals surface area contributed by atoms with E-state index in [1.54, 1.807) is 32.0 Å². The van der Waals surface area contributed by atoms with E-state index in [0.717, 1.165) is 0 Å². The number of phenolic OH excluding ortho intramolecular Hbond substituents is 1. The molecule has 34 heavy (non-hydrogen) atoms. The number of hydrogen-bond donors (Lipinski definition) is 3. The average molecular weight is 471 g/mol. The molecular weight excluding hydrogens is 442 g/mol. The molecular formula is C24H28N3O7+. The molecule has 0 spiro atoms. The second-order valence-electron chi connectivity index (χ2n) is 9.18. The van der Waals surface area contributed by atoms with E-state index < -0.39 is 52.6 Å². The summed E-state index contributed by atoms with van der Waals surface area (Å²) in [5.41, 5.74) is 6.89. The number of carbonyl (C=O) groups excluding carboxylic acids is 3. The Morgan fingerprint density at radius 2 is 1.94 bits per heavy atom. The largest absolute Gasteiger partial charge is 0.596 e. The van der Waals surface area contributed by atoms with Crippen LogP contribution < -0.4 is 5.73 Å². The summed E-state index contributed by atoms with van der Waals surface area (Å²) < 4.78 is 0. The van der Waals surface area contributed by atoms with Gasteiger partial charge in [0, 0.05) is 17.4 Å². The molecule has 10 heteroatoms. The van der Waals surface area contributed by atoms with E-state index in [1.807, 2.05) is 0 Å². The van der Waals surface area contributed by atoms with E-state index in [-0.39, 0.29) is 22.6 Å². The Labute approximate surface area is 196 Å². The summed E-state index contributed by atoms with van der Waals surface area (Å²) in [7, 11) is 4.83. The van der Waals surface area contributed by atoms with E-state index in [4.69, 9.17) is 15.7 Å². The van der Waals surface area contributed by atoms with Crippen LogP contribution in [0.25, 0.3) is 0 Å². The highest BCUT2D eigenvalue weighted by Gasteiger charge is 2.56. The van der Waals surface area contributed by atoms with Gasteiger partial charge in [0.2, 0.25) is 11.5 Å². The van der Waals surface area contributed by atoms with Crippen LogP contribution in [0.5, 0.6) is 5.75 Å². The zero-order valence-corrected chi connectivity index (χ0v) is 19.4. The van der Waals surface area contributed by atoms with E-state index in [0.29, 0.717) is 29.7 Å².